The van der Waals surface area contributed by atoms with Crippen LogP contribution in [0, 0.1) is 0 Å². The predicted octanol–water partition coefficient (Wildman–Crippen LogP) is 3.08. The number of benzene rings is 1. The van der Waals surface area contributed by atoms with E-state index in [4.69, 9.17) is 23.2 Å². The van der Waals surface area contributed by atoms with Crippen LogP contribution in [-0.2, 0) is 0 Å². The highest BCUT2D eigenvalue weighted by Crippen LogP contribution is 2.26. The minimum absolute atomic E-state index is 0.0915. The van der Waals surface area contributed by atoms with Gasteiger partial charge >= 0.3 is 0 Å². The molecule has 0 fully saturated rings. The van der Waals surface area contributed by atoms with E-state index in [9.17, 15) is 4.79 Å². The highest BCUT2D eigenvalue weighted by Gasteiger charge is 2.14. The van der Waals surface area contributed by atoms with Gasteiger partial charge in [0.2, 0.25) is 0 Å². The number of rotatable bonds is 3. The number of amides is 1. The Morgan fingerprint density at radius 1 is 1.21 bits per heavy atom. The van der Waals surface area contributed by atoms with Gasteiger partial charge in [-0.1, -0.05) is 35.3 Å². The predicted molar refractivity (Wildman–Crippen MR) is 76.0 cm³/mol. The second-order valence-electron chi connectivity index (χ2n) is 3.58. The number of hydrogen-bond acceptors (Lipinski definition) is 4. The van der Waals surface area contributed by atoms with Gasteiger partial charge in [0.1, 0.15) is 11.3 Å². The van der Waals surface area contributed by atoms with Crippen molar-refractivity contribution in [1.29, 1.82) is 0 Å². The number of nitrogens with one attached hydrogen (secondary N) is 2. The molecule has 1 aromatic carbocycles. The largest absolute Gasteiger partial charge is 0.387 e. The third-order valence-corrected chi connectivity index (χ3v) is 3.16. The molecule has 98 valence electrons. The fraction of sp³-hybridized carbons (Fsp3) is 0.0833. The lowest BCUT2D eigenvalue weighted by atomic mass is 10.1. The number of nitrogens with zero attached hydrogens (tertiary/aromatic N) is 2. The van der Waals surface area contributed by atoms with Crippen LogP contribution in [0.5, 0.6) is 0 Å². The Balaban J connectivity index is 2.28. The van der Waals surface area contributed by atoms with Gasteiger partial charge in [0.25, 0.3) is 5.91 Å². The SMILES string of the molecule is CNc1ccccc1C(=O)Nc1ncnc(Cl)c1Cl. The molecular weight excluding hydrogens is 287 g/mol. The van der Waals surface area contributed by atoms with Crippen molar-refractivity contribution in [2.75, 3.05) is 17.7 Å². The molecule has 1 heterocycles. The summed E-state index contributed by atoms with van der Waals surface area (Å²) in [6.07, 6.45) is 1.23. The summed E-state index contributed by atoms with van der Waals surface area (Å²) in [5.74, 6) is -0.154. The maximum Gasteiger partial charge on any atom is 0.258 e. The summed E-state index contributed by atoms with van der Waals surface area (Å²) in [7, 11) is 1.74. The number of carbonyl (C=O) groups is 1. The Bertz CT molecular complexity index is 618. The first-order valence-electron chi connectivity index (χ1n) is 5.37. The zero-order valence-corrected chi connectivity index (χ0v) is 11.5. The van der Waals surface area contributed by atoms with E-state index in [-0.39, 0.29) is 21.9 Å². The molecule has 0 atom stereocenters. The topological polar surface area (TPSA) is 66.9 Å². The van der Waals surface area contributed by atoms with Crippen LogP contribution in [-0.4, -0.2) is 22.9 Å². The van der Waals surface area contributed by atoms with Crippen LogP contribution in [0.15, 0.2) is 30.6 Å². The average molecular weight is 297 g/mol. The summed E-state index contributed by atoms with van der Waals surface area (Å²) in [5.41, 5.74) is 1.19. The highest BCUT2D eigenvalue weighted by molar-refractivity contribution is 6.43. The number of carbonyl (C=O) groups excluding carboxylic acids is 1. The Labute approximate surface area is 120 Å². The van der Waals surface area contributed by atoms with Gasteiger partial charge in [0.05, 0.1) is 5.56 Å². The van der Waals surface area contributed by atoms with Gasteiger partial charge in [-0.05, 0) is 12.1 Å². The molecule has 2 aromatic rings. The standard InChI is InChI=1S/C12H10Cl2N4O/c1-15-8-5-3-2-4-7(8)12(19)18-11-9(13)10(14)16-6-17-11/h2-6,15H,1H3,(H,16,17,18,19). The Morgan fingerprint density at radius 2 is 1.95 bits per heavy atom. The lowest BCUT2D eigenvalue weighted by Crippen LogP contribution is -2.15. The first-order chi connectivity index (χ1) is 9.13. The first kappa shape index (κ1) is 13.6. The average Bonchev–Trinajstić information content (AvgIpc) is 2.43. The summed E-state index contributed by atoms with van der Waals surface area (Å²) in [5, 5.41) is 5.73. The van der Waals surface area contributed by atoms with Crippen molar-refractivity contribution < 1.29 is 4.79 Å². The van der Waals surface area contributed by atoms with Crippen LogP contribution in [0.4, 0.5) is 11.5 Å². The van der Waals surface area contributed by atoms with E-state index in [1.54, 1.807) is 25.2 Å². The molecule has 0 aliphatic rings. The second kappa shape index (κ2) is 5.86. The summed E-state index contributed by atoms with van der Waals surface area (Å²) >= 11 is 11.7. The van der Waals surface area contributed by atoms with Gasteiger partial charge in [-0.25, -0.2) is 9.97 Å². The van der Waals surface area contributed by atoms with Crippen LogP contribution < -0.4 is 10.6 Å². The van der Waals surface area contributed by atoms with Crippen molar-refractivity contribution in [2.24, 2.45) is 0 Å². The highest BCUT2D eigenvalue weighted by atomic mass is 35.5. The Kier molecular flexibility index (Phi) is 4.19. The normalized spacial score (nSPS) is 10.1. The van der Waals surface area contributed by atoms with Crippen molar-refractivity contribution in [2.45, 2.75) is 0 Å². The first-order valence-corrected chi connectivity index (χ1v) is 6.13. The Hall–Kier alpha value is -1.85. The number of aromatic nitrogens is 2. The molecule has 0 aliphatic carbocycles. The van der Waals surface area contributed by atoms with Crippen LogP contribution in [0.3, 0.4) is 0 Å². The van der Waals surface area contributed by atoms with E-state index in [1.807, 2.05) is 6.07 Å². The fourth-order valence-corrected chi connectivity index (χ4v) is 1.79. The van der Waals surface area contributed by atoms with Crippen LogP contribution in [0.2, 0.25) is 10.2 Å². The number of halogens is 2. The quantitative estimate of drug-likeness (QED) is 0.854. The van der Waals surface area contributed by atoms with Crippen LogP contribution in [0.1, 0.15) is 10.4 Å². The van der Waals surface area contributed by atoms with Crippen LogP contribution >= 0.6 is 23.2 Å². The minimum atomic E-state index is -0.332. The van der Waals surface area contributed by atoms with Crippen molar-refractivity contribution in [3.8, 4) is 0 Å². The molecule has 1 aromatic heterocycles. The van der Waals surface area contributed by atoms with Gasteiger partial charge < -0.3 is 10.6 Å². The van der Waals surface area contributed by atoms with E-state index in [0.717, 1.165) is 0 Å². The fourth-order valence-electron chi connectivity index (χ4n) is 1.51. The van der Waals surface area contributed by atoms with E-state index in [1.165, 1.54) is 6.33 Å². The molecule has 0 aliphatic heterocycles. The zero-order chi connectivity index (χ0) is 13.8. The summed E-state index contributed by atoms with van der Waals surface area (Å²) in [6, 6.07) is 7.09. The molecule has 1 amide bonds. The number of hydrogen-bond donors (Lipinski definition) is 2. The summed E-state index contributed by atoms with van der Waals surface area (Å²) in [4.78, 5) is 19.7. The monoisotopic (exact) mass is 296 g/mol. The minimum Gasteiger partial charge on any atom is -0.387 e. The molecule has 0 unspecified atom stereocenters. The molecule has 0 radical (unpaired) electrons. The van der Waals surface area contributed by atoms with E-state index in [0.29, 0.717) is 11.3 Å². The molecule has 0 saturated heterocycles. The van der Waals surface area contributed by atoms with Crippen molar-refractivity contribution >= 4 is 40.6 Å². The van der Waals surface area contributed by atoms with Gasteiger partial charge in [-0.3, -0.25) is 4.79 Å². The lowest BCUT2D eigenvalue weighted by molar-refractivity contribution is 0.102. The maximum absolute atomic E-state index is 12.1. The van der Waals surface area contributed by atoms with Crippen molar-refractivity contribution in [1.82, 2.24) is 9.97 Å². The number of para-hydroxylation sites is 1. The third-order valence-electron chi connectivity index (χ3n) is 2.42. The molecule has 5 nitrogen and oxygen atoms in total. The van der Waals surface area contributed by atoms with E-state index >= 15 is 0 Å². The van der Waals surface area contributed by atoms with Crippen LogP contribution in [0.25, 0.3) is 0 Å². The molecule has 19 heavy (non-hydrogen) atoms. The molecule has 0 bridgehead atoms. The maximum atomic E-state index is 12.1. The zero-order valence-electron chi connectivity index (χ0n) is 9.95. The van der Waals surface area contributed by atoms with E-state index < -0.39 is 0 Å². The van der Waals surface area contributed by atoms with Gasteiger partial charge in [-0.2, -0.15) is 0 Å². The molecule has 7 heteroatoms. The molecule has 0 saturated carbocycles. The van der Waals surface area contributed by atoms with Gasteiger partial charge in [0.15, 0.2) is 11.0 Å². The second-order valence-corrected chi connectivity index (χ2v) is 4.31. The van der Waals surface area contributed by atoms with Gasteiger partial charge in [0, 0.05) is 12.7 Å². The molecule has 2 N–H and O–H groups in total. The molecule has 0 spiro atoms. The van der Waals surface area contributed by atoms with E-state index in [2.05, 4.69) is 20.6 Å². The molecular formula is C12H10Cl2N4O. The summed E-state index contributed by atoms with van der Waals surface area (Å²) < 4.78 is 0. The van der Waals surface area contributed by atoms with Crippen molar-refractivity contribution in [3.05, 3.63) is 46.3 Å². The molecule has 2 rings (SSSR count). The van der Waals surface area contributed by atoms with Gasteiger partial charge in [-0.15, -0.1) is 0 Å². The van der Waals surface area contributed by atoms with Crippen molar-refractivity contribution in [3.63, 3.8) is 0 Å². The Morgan fingerprint density at radius 3 is 2.68 bits per heavy atom. The number of anilines is 2. The lowest BCUT2D eigenvalue weighted by Gasteiger charge is -2.10. The summed E-state index contributed by atoms with van der Waals surface area (Å²) in [6.45, 7) is 0. The smallest absolute Gasteiger partial charge is 0.258 e. The third kappa shape index (κ3) is 2.94.